The van der Waals surface area contributed by atoms with Crippen LogP contribution >= 0.6 is 11.6 Å². The number of rotatable bonds is 3. The highest BCUT2D eigenvalue weighted by molar-refractivity contribution is 6.32. The molecule has 0 aliphatic carbocycles. The first kappa shape index (κ1) is 18.9. The molecule has 28 heavy (non-hydrogen) atoms. The summed E-state index contributed by atoms with van der Waals surface area (Å²) in [5.41, 5.74) is 3.91. The monoisotopic (exact) mass is 401 g/mol. The molecule has 1 saturated heterocycles. The number of benzene rings is 2. The van der Waals surface area contributed by atoms with Crippen LogP contribution in [-0.2, 0) is 13.1 Å². The maximum absolute atomic E-state index is 13.1. The number of likely N-dealkylation sites (N-methyl/N-ethyl adjacent to an activating group) is 1. The van der Waals surface area contributed by atoms with Crippen molar-refractivity contribution in [1.29, 1.82) is 0 Å². The van der Waals surface area contributed by atoms with Gasteiger partial charge in [0.15, 0.2) is 0 Å². The van der Waals surface area contributed by atoms with Crippen molar-refractivity contribution in [3.05, 3.63) is 52.0 Å². The first-order valence-electron chi connectivity index (χ1n) is 9.37. The van der Waals surface area contributed by atoms with Crippen LogP contribution < -0.4 is 9.64 Å². The number of carbonyl (C=O) groups excluding carboxylic acids is 1. The van der Waals surface area contributed by atoms with Gasteiger partial charge in [-0.05, 0) is 36.4 Å². The zero-order valence-electron chi connectivity index (χ0n) is 16.1. The Bertz CT molecular complexity index is 910. The molecule has 1 amide bonds. The van der Waals surface area contributed by atoms with Crippen LogP contribution in [0.4, 0.5) is 5.69 Å². The minimum Gasteiger partial charge on any atom is -0.506 e. The molecule has 0 aromatic heterocycles. The Labute approximate surface area is 169 Å². The van der Waals surface area contributed by atoms with Gasteiger partial charge in [-0.3, -0.25) is 4.79 Å². The van der Waals surface area contributed by atoms with Gasteiger partial charge < -0.3 is 24.5 Å². The van der Waals surface area contributed by atoms with Crippen LogP contribution in [0.25, 0.3) is 0 Å². The first-order chi connectivity index (χ1) is 13.5. The van der Waals surface area contributed by atoms with Gasteiger partial charge in [0.1, 0.15) is 11.5 Å². The Balaban J connectivity index is 1.54. The third kappa shape index (κ3) is 3.50. The molecule has 0 bridgehead atoms. The molecule has 0 spiro atoms. The summed E-state index contributed by atoms with van der Waals surface area (Å²) in [5.74, 6) is 0.0636. The highest BCUT2D eigenvalue weighted by atomic mass is 35.5. The molecule has 2 aromatic rings. The van der Waals surface area contributed by atoms with Crippen molar-refractivity contribution in [3.63, 3.8) is 0 Å². The van der Waals surface area contributed by atoms with Crippen LogP contribution in [-0.4, -0.2) is 61.2 Å². The summed E-state index contributed by atoms with van der Waals surface area (Å²) in [6, 6.07) is 9.32. The molecule has 4 rings (SSSR count). The second-order valence-electron chi connectivity index (χ2n) is 7.41. The molecule has 0 atom stereocenters. The van der Waals surface area contributed by atoms with E-state index in [-0.39, 0.29) is 16.7 Å². The lowest BCUT2D eigenvalue weighted by Gasteiger charge is -2.34. The number of halogens is 1. The lowest BCUT2D eigenvalue weighted by molar-refractivity contribution is 0.0748. The summed E-state index contributed by atoms with van der Waals surface area (Å²) in [6.07, 6.45) is 0. The summed E-state index contributed by atoms with van der Waals surface area (Å²) < 4.78 is 5.27. The van der Waals surface area contributed by atoms with E-state index in [1.807, 2.05) is 0 Å². The van der Waals surface area contributed by atoms with E-state index in [0.717, 1.165) is 31.7 Å². The van der Waals surface area contributed by atoms with Gasteiger partial charge in [0, 0.05) is 51.0 Å². The minimum absolute atomic E-state index is 0.100. The predicted molar refractivity (Wildman–Crippen MR) is 109 cm³/mol. The van der Waals surface area contributed by atoms with Crippen LogP contribution in [0, 0.1) is 0 Å². The normalized spacial score (nSPS) is 17.0. The van der Waals surface area contributed by atoms with Gasteiger partial charge in [-0.15, -0.1) is 0 Å². The van der Waals surface area contributed by atoms with Gasteiger partial charge in [0.05, 0.1) is 17.7 Å². The Morgan fingerprint density at radius 2 is 1.79 bits per heavy atom. The zero-order chi connectivity index (χ0) is 19.8. The highest BCUT2D eigenvalue weighted by Gasteiger charge is 2.28. The topological polar surface area (TPSA) is 56.3 Å². The second kappa shape index (κ2) is 7.53. The van der Waals surface area contributed by atoms with Crippen LogP contribution in [0.5, 0.6) is 11.5 Å². The van der Waals surface area contributed by atoms with Crippen molar-refractivity contribution < 1.29 is 14.6 Å². The summed E-state index contributed by atoms with van der Waals surface area (Å²) in [5, 5.41) is 9.91. The maximum Gasteiger partial charge on any atom is 0.258 e. The molecular weight excluding hydrogens is 378 g/mol. The number of amides is 1. The molecule has 1 fully saturated rings. The lowest BCUT2D eigenvalue weighted by atomic mass is 10.1. The van der Waals surface area contributed by atoms with Gasteiger partial charge in [-0.1, -0.05) is 17.7 Å². The number of phenolic OH excluding ortho intramolecular Hbond substituents is 1. The molecule has 148 valence electrons. The number of hydrogen-bond donors (Lipinski definition) is 1. The largest absolute Gasteiger partial charge is 0.506 e. The molecule has 0 radical (unpaired) electrons. The van der Waals surface area contributed by atoms with E-state index in [9.17, 15) is 9.90 Å². The second-order valence-corrected chi connectivity index (χ2v) is 7.82. The van der Waals surface area contributed by atoms with Crippen molar-refractivity contribution in [2.75, 3.05) is 45.2 Å². The molecule has 2 heterocycles. The third-order valence-corrected chi connectivity index (χ3v) is 5.87. The van der Waals surface area contributed by atoms with Gasteiger partial charge in [-0.25, -0.2) is 0 Å². The number of piperazine rings is 1. The minimum atomic E-state index is -0.156. The van der Waals surface area contributed by atoms with Gasteiger partial charge in [-0.2, -0.15) is 0 Å². The number of methoxy groups -OCH3 is 1. The van der Waals surface area contributed by atoms with Gasteiger partial charge >= 0.3 is 0 Å². The Kier molecular flexibility index (Phi) is 5.08. The Morgan fingerprint density at radius 3 is 2.50 bits per heavy atom. The third-order valence-electron chi connectivity index (χ3n) is 5.57. The number of anilines is 1. The van der Waals surface area contributed by atoms with Crippen molar-refractivity contribution in [2.45, 2.75) is 13.1 Å². The fourth-order valence-electron chi connectivity index (χ4n) is 3.83. The van der Waals surface area contributed by atoms with E-state index in [0.29, 0.717) is 24.4 Å². The lowest BCUT2D eigenvalue weighted by Crippen LogP contribution is -2.44. The van der Waals surface area contributed by atoms with Gasteiger partial charge in [0.25, 0.3) is 5.91 Å². The number of phenols is 1. The average molecular weight is 402 g/mol. The molecule has 2 aliphatic heterocycles. The quantitative estimate of drug-likeness (QED) is 0.856. The van der Waals surface area contributed by atoms with Crippen molar-refractivity contribution >= 4 is 23.2 Å². The Morgan fingerprint density at radius 1 is 1.07 bits per heavy atom. The SMILES string of the molecule is COc1cc(O)c(Cl)cc1C(=O)N1Cc2ccc(N3CCN(C)CC3)cc2C1. The van der Waals surface area contributed by atoms with E-state index in [2.05, 4.69) is 35.0 Å². The average Bonchev–Trinajstić information content (AvgIpc) is 3.13. The van der Waals surface area contributed by atoms with Crippen LogP contribution in [0.3, 0.4) is 0 Å². The van der Waals surface area contributed by atoms with Crippen LogP contribution in [0.2, 0.25) is 5.02 Å². The molecule has 0 unspecified atom stereocenters. The molecular formula is C21H24ClN3O3. The van der Waals surface area contributed by atoms with Crippen molar-refractivity contribution in [3.8, 4) is 11.5 Å². The van der Waals surface area contributed by atoms with Crippen LogP contribution in [0.1, 0.15) is 21.5 Å². The van der Waals surface area contributed by atoms with Gasteiger partial charge in [0.2, 0.25) is 0 Å². The number of hydrogen-bond acceptors (Lipinski definition) is 5. The first-order valence-corrected chi connectivity index (χ1v) is 9.75. The molecule has 2 aromatic carbocycles. The fraction of sp³-hybridized carbons (Fsp3) is 0.381. The number of aromatic hydroxyl groups is 1. The summed E-state index contributed by atoms with van der Waals surface area (Å²) in [6.45, 7) is 5.25. The Hall–Kier alpha value is -2.44. The van der Waals surface area contributed by atoms with E-state index in [1.165, 1.54) is 30.5 Å². The van der Waals surface area contributed by atoms with Crippen molar-refractivity contribution in [1.82, 2.24) is 9.80 Å². The molecule has 0 saturated carbocycles. The molecule has 2 aliphatic rings. The van der Waals surface area contributed by atoms with E-state index in [4.69, 9.17) is 16.3 Å². The van der Waals surface area contributed by atoms with Crippen molar-refractivity contribution in [2.24, 2.45) is 0 Å². The number of nitrogens with zero attached hydrogens (tertiary/aromatic N) is 3. The molecule has 7 heteroatoms. The predicted octanol–water partition coefficient (Wildman–Crippen LogP) is 2.96. The van der Waals surface area contributed by atoms with E-state index < -0.39 is 0 Å². The van der Waals surface area contributed by atoms with E-state index in [1.54, 1.807) is 4.90 Å². The fourth-order valence-corrected chi connectivity index (χ4v) is 4.00. The maximum atomic E-state index is 13.1. The highest BCUT2D eigenvalue weighted by Crippen LogP contribution is 2.35. The van der Waals surface area contributed by atoms with E-state index >= 15 is 0 Å². The summed E-state index contributed by atoms with van der Waals surface area (Å²) in [4.78, 5) is 19.6. The van der Waals surface area contributed by atoms with Crippen LogP contribution in [0.15, 0.2) is 30.3 Å². The zero-order valence-corrected chi connectivity index (χ0v) is 16.9. The number of fused-ring (bicyclic) bond motifs is 1. The number of carbonyl (C=O) groups is 1. The standard InChI is InChI=1S/C21H24ClN3O3/c1-23-5-7-24(8-6-23)16-4-3-14-12-25(13-15(14)9-16)21(27)17-10-18(22)19(26)11-20(17)28-2/h3-4,9-11,26H,5-8,12-13H2,1-2H3. The molecule has 6 nitrogen and oxygen atoms in total. The molecule has 1 N–H and O–H groups in total. The smallest absolute Gasteiger partial charge is 0.258 e. The summed E-state index contributed by atoms with van der Waals surface area (Å²) in [7, 11) is 3.62. The number of ether oxygens (including phenoxy) is 1. The summed E-state index contributed by atoms with van der Waals surface area (Å²) >= 11 is 6.01.